The van der Waals surface area contributed by atoms with E-state index in [1.54, 1.807) is 7.11 Å². The molecule has 0 spiro atoms. The predicted octanol–water partition coefficient (Wildman–Crippen LogP) is 3.06. The molecule has 2 aromatic rings. The average Bonchev–Trinajstić information content (AvgIpc) is 2.87. The Morgan fingerprint density at radius 1 is 1.36 bits per heavy atom. The zero-order valence-electron chi connectivity index (χ0n) is 13.2. The van der Waals surface area contributed by atoms with Crippen molar-refractivity contribution in [3.05, 3.63) is 28.5 Å². The van der Waals surface area contributed by atoms with Crippen LogP contribution in [0.1, 0.15) is 43.1 Å². The number of hydrogen-bond acceptors (Lipinski definition) is 4. The molecule has 0 radical (unpaired) electrons. The van der Waals surface area contributed by atoms with E-state index < -0.39 is 0 Å². The van der Waals surface area contributed by atoms with Crippen molar-refractivity contribution in [2.45, 2.75) is 44.6 Å². The minimum atomic E-state index is 0.529. The van der Waals surface area contributed by atoms with Gasteiger partial charge in [0.05, 0.1) is 12.3 Å². The maximum atomic E-state index is 5.10. The SMILES string of the molecule is COCCNC1CCC(c2nc(Br)c3c(C)nccn23)CC1. The quantitative estimate of drug-likeness (QED) is 0.826. The van der Waals surface area contributed by atoms with Crippen LogP contribution in [-0.2, 0) is 4.74 Å². The molecule has 0 unspecified atom stereocenters. The molecule has 0 atom stereocenters. The number of nitrogens with one attached hydrogen (secondary N) is 1. The van der Waals surface area contributed by atoms with Crippen LogP contribution in [0.3, 0.4) is 0 Å². The zero-order chi connectivity index (χ0) is 15.5. The predicted molar refractivity (Wildman–Crippen MR) is 90.3 cm³/mol. The van der Waals surface area contributed by atoms with Crippen LogP contribution < -0.4 is 5.32 Å². The van der Waals surface area contributed by atoms with Crippen LogP contribution in [0.15, 0.2) is 17.0 Å². The van der Waals surface area contributed by atoms with Crippen LogP contribution >= 0.6 is 15.9 Å². The van der Waals surface area contributed by atoms with Crippen LogP contribution in [0, 0.1) is 6.92 Å². The first-order valence-corrected chi connectivity index (χ1v) is 8.71. The fraction of sp³-hybridized carbons (Fsp3) is 0.625. The average molecular weight is 367 g/mol. The van der Waals surface area contributed by atoms with Gasteiger partial charge in [0.25, 0.3) is 0 Å². The van der Waals surface area contributed by atoms with Gasteiger partial charge in [-0.3, -0.25) is 9.38 Å². The lowest BCUT2D eigenvalue weighted by Gasteiger charge is -2.28. The number of imidazole rings is 1. The maximum Gasteiger partial charge on any atom is 0.134 e. The Balaban J connectivity index is 1.70. The summed E-state index contributed by atoms with van der Waals surface area (Å²) in [6.45, 7) is 3.75. The number of ether oxygens (including phenoxy) is 1. The van der Waals surface area contributed by atoms with Gasteiger partial charge in [0.15, 0.2) is 0 Å². The van der Waals surface area contributed by atoms with E-state index in [9.17, 15) is 0 Å². The Kier molecular flexibility index (Phi) is 5.10. The second-order valence-electron chi connectivity index (χ2n) is 5.99. The number of methoxy groups -OCH3 is 1. The van der Waals surface area contributed by atoms with Crippen molar-refractivity contribution in [2.75, 3.05) is 20.3 Å². The van der Waals surface area contributed by atoms with E-state index in [0.717, 1.165) is 29.0 Å². The Labute approximate surface area is 139 Å². The van der Waals surface area contributed by atoms with E-state index in [0.29, 0.717) is 12.0 Å². The highest BCUT2D eigenvalue weighted by Crippen LogP contribution is 2.34. The monoisotopic (exact) mass is 366 g/mol. The molecule has 1 aliphatic rings. The Morgan fingerprint density at radius 2 is 2.14 bits per heavy atom. The van der Waals surface area contributed by atoms with Gasteiger partial charge in [0.2, 0.25) is 0 Å². The molecule has 120 valence electrons. The Morgan fingerprint density at radius 3 is 2.86 bits per heavy atom. The maximum absolute atomic E-state index is 5.10. The highest BCUT2D eigenvalue weighted by molar-refractivity contribution is 9.10. The van der Waals surface area contributed by atoms with Crippen LogP contribution in [0.4, 0.5) is 0 Å². The van der Waals surface area contributed by atoms with Crippen molar-refractivity contribution in [1.82, 2.24) is 19.7 Å². The van der Waals surface area contributed by atoms with Gasteiger partial charge in [-0.1, -0.05) is 0 Å². The minimum absolute atomic E-state index is 0.529. The van der Waals surface area contributed by atoms with Gasteiger partial charge in [-0.2, -0.15) is 0 Å². The first-order valence-electron chi connectivity index (χ1n) is 7.92. The summed E-state index contributed by atoms with van der Waals surface area (Å²) in [5, 5.41) is 3.57. The first kappa shape index (κ1) is 15.9. The lowest BCUT2D eigenvalue weighted by Crippen LogP contribution is -2.35. The molecule has 1 aliphatic carbocycles. The fourth-order valence-corrected chi connectivity index (χ4v) is 4.04. The summed E-state index contributed by atoms with van der Waals surface area (Å²) >= 11 is 3.59. The van der Waals surface area contributed by atoms with Crippen molar-refractivity contribution in [3.63, 3.8) is 0 Å². The topological polar surface area (TPSA) is 51.5 Å². The largest absolute Gasteiger partial charge is 0.383 e. The number of halogens is 1. The van der Waals surface area contributed by atoms with Crippen molar-refractivity contribution < 1.29 is 4.74 Å². The summed E-state index contributed by atoms with van der Waals surface area (Å²) in [4.78, 5) is 9.14. The summed E-state index contributed by atoms with van der Waals surface area (Å²) in [6, 6.07) is 0.615. The highest BCUT2D eigenvalue weighted by atomic mass is 79.9. The Hall–Kier alpha value is -0.980. The van der Waals surface area contributed by atoms with Gasteiger partial charge in [-0.15, -0.1) is 0 Å². The molecule has 5 nitrogen and oxygen atoms in total. The van der Waals surface area contributed by atoms with Crippen LogP contribution in [0.2, 0.25) is 0 Å². The second kappa shape index (κ2) is 7.06. The van der Waals surface area contributed by atoms with E-state index in [2.05, 4.69) is 30.6 Å². The number of aryl methyl sites for hydroxylation is 1. The van der Waals surface area contributed by atoms with Gasteiger partial charge in [-0.25, -0.2) is 4.98 Å². The summed E-state index contributed by atoms with van der Waals surface area (Å²) in [7, 11) is 1.75. The van der Waals surface area contributed by atoms with Gasteiger partial charge < -0.3 is 10.1 Å². The molecule has 1 fully saturated rings. The van der Waals surface area contributed by atoms with Crippen molar-refractivity contribution in [3.8, 4) is 0 Å². The summed E-state index contributed by atoms with van der Waals surface area (Å²) in [5.74, 6) is 1.70. The first-order chi connectivity index (χ1) is 10.7. The number of aromatic nitrogens is 3. The van der Waals surface area contributed by atoms with Crippen molar-refractivity contribution >= 4 is 21.4 Å². The van der Waals surface area contributed by atoms with E-state index in [4.69, 9.17) is 9.72 Å². The Bertz CT molecular complexity index is 634. The van der Waals surface area contributed by atoms with E-state index in [1.165, 1.54) is 31.5 Å². The normalized spacial score (nSPS) is 22.3. The fourth-order valence-electron chi connectivity index (χ4n) is 3.38. The van der Waals surface area contributed by atoms with Crippen LogP contribution in [-0.4, -0.2) is 40.7 Å². The molecule has 22 heavy (non-hydrogen) atoms. The molecule has 1 saturated carbocycles. The summed E-state index contributed by atoms with van der Waals surface area (Å²) in [5.41, 5.74) is 2.11. The molecule has 0 bridgehead atoms. The van der Waals surface area contributed by atoms with E-state index >= 15 is 0 Å². The third-order valence-corrected chi connectivity index (χ3v) is 5.11. The van der Waals surface area contributed by atoms with Gasteiger partial charge >= 0.3 is 0 Å². The van der Waals surface area contributed by atoms with E-state index in [1.807, 2.05) is 19.3 Å². The number of fused-ring (bicyclic) bond motifs is 1. The summed E-state index contributed by atoms with van der Waals surface area (Å²) < 4.78 is 8.21. The molecule has 2 heterocycles. The van der Waals surface area contributed by atoms with Crippen molar-refractivity contribution in [1.29, 1.82) is 0 Å². The minimum Gasteiger partial charge on any atom is -0.383 e. The lowest BCUT2D eigenvalue weighted by molar-refractivity contribution is 0.191. The number of nitrogens with zero attached hydrogens (tertiary/aromatic N) is 3. The van der Waals surface area contributed by atoms with E-state index in [-0.39, 0.29) is 0 Å². The molecule has 0 saturated heterocycles. The molecule has 3 rings (SSSR count). The molecule has 2 aromatic heterocycles. The van der Waals surface area contributed by atoms with Gasteiger partial charge in [0.1, 0.15) is 15.9 Å². The second-order valence-corrected chi connectivity index (χ2v) is 6.74. The van der Waals surface area contributed by atoms with Gasteiger partial charge in [0, 0.05) is 38.0 Å². The molecule has 0 amide bonds. The van der Waals surface area contributed by atoms with Crippen molar-refractivity contribution in [2.24, 2.45) is 0 Å². The molecule has 0 aliphatic heterocycles. The molecular weight excluding hydrogens is 344 g/mol. The molecule has 0 aromatic carbocycles. The van der Waals surface area contributed by atoms with Crippen LogP contribution in [0.25, 0.3) is 5.52 Å². The molecule has 6 heteroatoms. The third kappa shape index (κ3) is 3.19. The van der Waals surface area contributed by atoms with Gasteiger partial charge in [-0.05, 0) is 48.5 Å². The number of rotatable bonds is 5. The molecule has 1 N–H and O–H groups in total. The molecular formula is C16H23BrN4O. The third-order valence-electron chi connectivity index (χ3n) is 4.55. The smallest absolute Gasteiger partial charge is 0.134 e. The highest BCUT2D eigenvalue weighted by Gasteiger charge is 2.26. The lowest BCUT2D eigenvalue weighted by atomic mass is 9.85. The number of hydrogen-bond donors (Lipinski definition) is 1. The standard InChI is InChI=1S/C16H23BrN4O/c1-11-14-15(17)20-16(21(14)9-7-18-11)12-3-5-13(6-4-12)19-8-10-22-2/h7,9,12-13,19H,3-6,8,10H2,1-2H3. The summed E-state index contributed by atoms with van der Waals surface area (Å²) in [6.07, 6.45) is 8.64. The zero-order valence-corrected chi connectivity index (χ0v) is 14.8. The van der Waals surface area contributed by atoms with Crippen LogP contribution in [0.5, 0.6) is 0 Å².